The number of nitrogens with one attached hydrogen (secondary N) is 1. The third kappa shape index (κ3) is 6.94. The maximum Gasteiger partial charge on any atom is 0.224 e. The van der Waals surface area contributed by atoms with Gasteiger partial charge in [-0.15, -0.1) is 0 Å². The van der Waals surface area contributed by atoms with Gasteiger partial charge in [-0.05, 0) is 49.9 Å². The fourth-order valence-electron chi connectivity index (χ4n) is 1.92. The molecule has 0 spiro atoms. The standard InChI is InChI=1S/C15H24N2O2/c16-10-3-1-2-9-15(19)17-14-8-4-6-13(12-14)7-5-11-18/h4,6,8,12,18H,1-3,5,7,9-11,16H2,(H,17,19). The molecule has 4 N–H and O–H groups in total. The first-order valence-electron chi connectivity index (χ1n) is 6.96. The van der Waals surface area contributed by atoms with E-state index in [1.807, 2.05) is 24.3 Å². The molecule has 0 radical (unpaired) electrons. The van der Waals surface area contributed by atoms with Crippen LogP contribution in [-0.4, -0.2) is 24.2 Å². The Labute approximate surface area is 115 Å². The molecule has 0 saturated carbocycles. The van der Waals surface area contributed by atoms with Crippen molar-refractivity contribution in [3.05, 3.63) is 29.8 Å². The zero-order chi connectivity index (χ0) is 13.9. The Hall–Kier alpha value is -1.39. The Morgan fingerprint density at radius 2 is 2.05 bits per heavy atom. The molecular weight excluding hydrogens is 240 g/mol. The van der Waals surface area contributed by atoms with Crippen LogP contribution in [0.3, 0.4) is 0 Å². The topological polar surface area (TPSA) is 75.4 Å². The summed E-state index contributed by atoms with van der Waals surface area (Å²) in [5.41, 5.74) is 7.37. The molecule has 0 bridgehead atoms. The summed E-state index contributed by atoms with van der Waals surface area (Å²) in [5.74, 6) is 0.0522. The van der Waals surface area contributed by atoms with Gasteiger partial charge in [0, 0.05) is 18.7 Å². The van der Waals surface area contributed by atoms with Crippen molar-refractivity contribution in [1.29, 1.82) is 0 Å². The number of benzene rings is 1. The van der Waals surface area contributed by atoms with Crippen molar-refractivity contribution in [3.63, 3.8) is 0 Å². The summed E-state index contributed by atoms with van der Waals surface area (Å²) in [6, 6.07) is 7.79. The van der Waals surface area contributed by atoms with Crippen LogP contribution in [0.2, 0.25) is 0 Å². The quantitative estimate of drug-likeness (QED) is 0.598. The van der Waals surface area contributed by atoms with Crippen LogP contribution in [0.5, 0.6) is 0 Å². The van der Waals surface area contributed by atoms with Crippen LogP contribution < -0.4 is 11.1 Å². The van der Waals surface area contributed by atoms with Gasteiger partial charge in [-0.3, -0.25) is 4.79 Å². The highest BCUT2D eigenvalue weighted by atomic mass is 16.2. The molecule has 106 valence electrons. The first-order chi connectivity index (χ1) is 9.26. The van der Waals surface area contributed by atoms with E-state index in [0.29, 0.717) is 13.0 Å². The van der Waals surface area contributed by atoms with E-state index in [2.05, 4.69) is 5.32 Å². The summed E-state index contributed by atoms with van der Waals surface area (Å²) < 4.78 is 0. The molecule has 0 fully saturated rings. The van der Waals surface area contributed by atoms with Crippen LogP contribution in [0.15, 0.2) is 24.3 Å². The highest BCUT2D eigenvalue weighted by molar-refractivity contribution is 5.90. The number of anilines is 1. The first kappa shape index (κ1) is 15.7. The van der Waals surface area contributed by atoms with Gasteiger partial charge in [0.05, 0.1) is 0 Å². The maximum absolute atomic E-state index is 11.7. The molecule has 4 nitrogen and oxygen atoms in total. The highest BCUT2D eigenvalue weighted by Crippen LogP contribution is 2.13. The number of aliphatic hydroxyl groups is 1. The molecule has 1 aromatic carbocycles. The van der Waals surface area contributed by atoms with Gasteiger partial charge in [-0.2, -0.15) is 0 Å². The second-order valence-electron chi connectivity index (χ2n) is 4.68. The van der Waals surface area contributed by atoms with Crippen molar-refractivity contribution in [1.82, 2.24) is 0 Å². The summed E-state index contributed by atoms with van der Waals surface area (Å²) in [4.78, 5) is 11.7. The molecule has 1 amide bonds. The van der Waals surface area contributed by atoms with Crippen LogP contribution in [0.25, 0.3) is 0 Å². The van der Waals surface area contributed by atoms with E-state index in [9.17, 15) is 4.79 Å². The van der Waals surface area contributed by atoms with Gasteiger partial charge in [-0.25, -0.2) is 0 Å². The van der Waals surface area contributed by atoms with E-state index in [0.717, 1.165) is 43.4 Å². The Kier molecular flexibility index (Phi) is 7.86. The molecule has 0 aliphatic heterocycles. The van der Waals surface area contributed by atoms with Crippen molar-refractivity contribution in [2.45, 2.75) is 38.5 Å². The smallest absolute Gasteiger partial charge is 0.224 e. The van der Waals surface area contributed by atoms with Gasteiger partial charge in [0.1, 0.15) is 0 Å². The van der Waals surface area contributed by atoms with Crippen LogP contribution in [0.4, 0.5) is 5.69 Å². The molecule has 0 heterocycles. The monoisotopic (exact) mass is 264 g/mol. The van der Waals surface area contributed by atoms with E-state index >= 15 is 0 Å². The molecule has 0 unspecified atom stereocenters. The number of unbranched alkanes of at least 4 members (excludes halogenated alkanes) is 2. The number of aryl methyl sites for hydroxylation is 1. The lowest BCUT2D eigenvalue weighted by molar-refractivity contribution is -0.116. The molecule has 0 aliphatic rings. The average molecular weight is 264 g/mol. The van der Waals surface area contributed by atoms with E-state index in [-0.39, 0.29) is 12.5 Å². The summed E-state index contributed by atoms with van der Waals surface area (Å²) >= 11 is 0. The number of hydrogen-bond acceptors (Lipinski definition) is 3. The SMILES string of the molecule is NCCCCCC(=O)Nc1cccc(CCCO)c1. The Bertz CT molecular complexity index is 380. The highest BCUT2D eigenvalue weighted by Gasteiger charge is 2.03. The third-order valence-corrected chi connectivity index (χ3v) is 2.94. The number of hydrogen-bond donors (Lipinski definition) is 3. The Morgan fingerprint density at radius 3 is 2.79 bits per heavy atom. The van der Waals surface area contributed by atoms with Crippen molar-refractivity contribution in [2.75, 3.05) is 18.5 Å². The summed E-state index contributed by atoms with van der Waals surface area (Å²) in [5, 5.41) is 11.7. The average Bonchev–Trinajstić information content (AvgIpc) is 2.42. The molecule has 1 aromatic rings. The minimum Gasteiger partial charge on any atom is -0.396 e. The molecule has 0 aliphatic carbocycles. The van der Waals surface area contributed by atoms with Gasteiger partial charge in [-0.1, -0.05) is 18.6 Å². The molecule has 0 atom stereocenters. The van der Waals surface area contributed by atoms with Gasteiger partial charge < -0.3 is 16.2 Å². The second kappa shape index (κ2) is 9.53. The Morgan fingerprint density at radius 1 is 1.21 bits per heavy atom. The van der Waals surface area contributed by atoms with Gasteiger partial charge in [0.25, 0.3) is 0 Å². The largest absolute Gasteiger partial charge is 0.396 e. The van der Waals surface area contributed by atoms with Crippen LogP contribution >= 0.6 is 0 Å². The van der Waals surface area contributed by atoms with Crippen LogP contribution in [0.1, 0.15) is 37.7 Å². The lowest BCUT2D eigenvalue weighted by Crippen LogP contribution is -2.11. The number of amides is 1. The summed E-state index contributed by atoms with van der Waals surface area (Å²) in [6.07, 6.45) is 4.98. The predicted molar refractivity (Wildman–Crippen MR) is 78.0 cm³/mol. The fraction of sp³-hybridized carbons (Fsp3) is 0.533. The minimum atomic E-state index is 0.0522. The molecule has 1 rings (SSSR count). The van der Waals surface area contributed by atoms with Crippen molar-refractivity contribution < 1.29 is 9.90 Å². The van der Waals surface area contributed by atoms with Crippen molar-refractivity contribution in [3.8, 4) is 0 Å². The number of rotatable bonds is 9. The van der Waals surface area contributed by atoms with Gasteiger partial charge in [0.15, 0.2) is 0 Å². The van der Waals surface area contributed by atoms with Crippen molar-refractivity contribution >= 4 is 11.6 Å². The fourth-order valence-corrected chi connectivity index (χ4v) is 1.92. The van der Waals surface area contributed by atoms with E-state index < -0.39 is 0 Å². The second-order valence-corrected chi connectivity index (χ2v) is 4.68. The van der Waals surface area contributed by atoms with Crippen molar-refractivity contribution in [2.24, 2.45) is 5.73 Å². The zero-order valence-corrected chi connectivity index (χ0v) is 11.4. The van der Waals surface area contributed by atoms with Crippen LogP contribution in [-0.2, 0) is 11.2 Å². The minimum absolute atomic E-state index is 0.0522. The molecule has 0 aromatic heterocycles. The Balaban J connectivity index is 2.36. The van der Waals surface area contributed by atoms with E-state index in [4.69, 9.17) is 10.8 Å². The van der Waals surface area contributed by atoms with Gasteiger partial charge >= 0.3 is 0 Å². The van der Waals surface area contributed by atoms with Crippen LogP contribution in [0, 0.1) is 0 Å². The number of carbonyl (C=O) groups excluding carboxylic acids is 1. The number of aliphatic hydroxyl groups excluding tert-OH is 1. The normalized spacial score (nSPS) is 10.4. The molecule has 19 heavy (non-hydrogen) atoms. The third-order valence-electron chi connectivity index (χ3n) is 2.94. The number of nitrogens with two attached hydrogens (primary N) is 1. The lowest BCUT2D eigenvalue weighted by atomic mass is 10.1. The zero-order valence-electron chi connectivity index (χ0n) is 11.4. The summed E-state index contributed by atoms with van der Waals surface area (Å²) in [6.45, 7) is 0.881. The van der Waals surface area contributed by atoms with E-state index in [1.54, 1.807) is 0 Å². The van der Waals surface area contributed by atoms with E-state index in [1.165, 1.54) is 0 Å². The summed E-state index contributed by atoms with van der Waals surface area (Å²) in [7, 11) is 0. The lowest BCUT2D eigenvalue weighted by Gasteiger charge is -2.07. The number of carbonyl (C=O) groups is 1. The molecule has 4 heteroatoms. The first-order valence-corrected chi connectivity index (χ1v) is 6.96. The van der Waals surface area contributed by atoms with Gasteiger partial charge in [0.2, 0.25) is 5.91 Å². The maximum atomic E-state index is 11.7. The molecular formula is C15H24N2O2. The predicted octanol–water partition coefficient (Wildman–Crippen LogP) is 2.07. The molecule has 0 saturated heterocycles.